The summed E-state index contributed by atoms with van der Waals surface area (Å²) in [5, 5.41) is 9.93. The Hall–Kier alpha value is -2.88. The van der Waals surface area contributed by atoms with Crippen molar-refractivity contribution in [3.05, 3.63) is 71.4 Å². The number of hydrogen-bond donors (Lipinski definition) is 1. The van der Waals surface area contributed by atoms with Crippen LogP contribution in [-0.4, -0.2) is 21.6 Å². The number of nitrogens with zero attached hydrogens (tertiary/aromatic N) is 1. The van der Waals surface area contributed by atoms with E-state index >= 15 is 0 Å². The van der Waals surface area contributed by atoms with Gasteiger partial charge in [-0.05, 0) is 30.7 Å². The number of rotatable bonds is 3. The number of benzene rings is 2. The summed E-state index contributed by atoms with van der Waals surface area (Å²) < 4.78 is 1.60. The zero-order chi connectivity index (χ0) is 15.7. The summed E-state index contributed by atoms with van der Waals surface area (Å²) in [6.45, 7) is 1.79. The van der Waals surface area contributed by atoms with Crippen molar-refractivity contribution in [2.45, 2.75) is 13.3 Å². The summed E-state index contributed by atoms with van der Waals surface area (Å²) in [7, 11) is 0. The fourth-order valence-electron chi connectivity index (χ4n) is 2.78. The van der Waals surface area contributed by atoms with Gasteiger partial charge in [-0.2, -0.15) is 0 Å². The lowest BCUT2D eigenvalue weighted by atomic mass is 10.1. The van der Waals surface area contributed by atoms with Gasteiger partial charge in [0.2, 0.25) is 0 Å². The third kappa shape index (κ3) is 2.29. The van der Waals surface area contributed by atoms with Crippen molar-refractivity contribution >= 4 is 22.8 Å². The Morgan fingerprint density at radius 2 is 1.64 bits per heavy atom. The van der Waals surface area contributed by atoms with Gasteiger partial charge in [0.25, 0.3) is 5.91 Å². The molecule has 3 rings (SSSR count). The van der Waals surface area contributed by atoms with E-state index in [4.69, 9.17) is 5.11 Å². The number of carbonyl (C=O) groups is 2. The average molecular weight is 293 g/mol. The lowest BCUT2D eigenvalue weighted by molar-refractivity contribution is -0.136. The first-order valence-electron chi connectivity index (χ1n) is 7.00. The van der Waals surface area contributed by atoms with E-state index in [2.05, 4.69) is 0 Å². The number of fused-ring (bicyclic) bond motifs is 1. The molecular formula is C18H15NO3. The van der Waals surface area contributed by atoms with Crippen LogP contribution in [-0.2, 0) is 11.2 Å². The Bertz CT molecular complexity index is 863. The molecule has 0 spiro atoms. The van der Waals surface area contributed by atoms with Gasteiger partial charge in [-0.3, -0.25) is 14.2 Å². The van der Waals surface area contributed by atoms with Gasteiger partial charge in [0, 0.05) is 16.6 Å². The number of para-hydroxylation sites is 1. The second kappa shape index (κ2) is 5.48. The van der Waals surface area contributed by atoms with Gasteiger partial charge in [-0.1, -0.05) is 36.4 Å². The van der Waals surface area contributed by atoms with Crippen LogP contribution in [0.4, 0.5) is 0 Å². The quantitative estimate of drug-likeness (QED) is 0.806. The number of aromatic nitrogens is 1. The number of aliphatic carboxylic acids is 1. The highest BCUT2D eigenvalue weighted by Gasteiger charge is 2.20. The minimum absolute atomic E-state index is 0.0958. The summed E-state index contributed by atoms with van der Waals surface area (Å²) in [4.78, 5) is 23.9. The molecule has 4 heteroatoms. The molecule has 4 nitrogen and oxygen atoms in total. The van der Waals surface area contributed by atoms with Crippen LogP contribution in [0, 0.1) is 6.92 Å². The van der Waals surface area contributed by atoms with E-state index in [1.54, 1.807) is 23.6 Å². The van der Waals surface area contributed by atoms with Crippen LogP contribution < -0.4 is 0 Å². The van der Waals surface area contributed by atoms with Gasteiger partial charge in [-0.25, -0.2) is 0 Å². The Morgan fingerprint density at radius 3 is 2.32 bits per heavy atom. The molecule has 1 aromatic heterocycles. The van der Waals surface area contributed by atoms with E-state index in [1.807, 2.05) is 42.5 Å². The monoisotopic (exact) mass is 293 g/mol. The average Bonchev–Trinajstić information content (AvgIpc) is 2.80. The summed E-state index contributed by atoms with van der Waals surface area (Å²) in [6, 6.07) is 16.4. The molecule has 22 heavy (non-hydrogen) atoms. The molecule has 0 aliphatic rings. The molecule has 0 atom stereocenters. The molecule has 110 valence electrons. The molecule has 0 aliphatic heterocycles. The molecular weight excluding hydrogens is 278 g/mol. The molecule has 3 aromatic rings. The Labute approximate surface area is 127 Å². The van der Waals surface area contributed by atoms with Crippen LogP contribution in [0.5, 0.6) is 0 Å². The molecule has 0 bridgehead atoms. The van der Waals surface area contributed by atoms with Crippen molar-refractivity contribution < 1.29 is 14.7 Å². The van der Waals surface area contributed by atoms with Gasteiger partial charge >= 0.3 is 5.97 Å². The molecule has 0 aliphatic carbocycles. The van der Waals surface area contributed by atoms with Gasteiger partial charge in [-0.15, -0.1) is 0 Å². The highest BCUT2D eigenvalue weighted by atomic mass is 16.4. The van der Waals surface area contributed by atoms with E-state index in [0.717, 1.165) is 10.9 Å². The Kier molecular flexibility index (Phi) is 3.51. The largest absolute Gasteiger partial charge is 0.481 e. The Balaban J connectivity index is 2.24. The molecule has 2 aromatic carbocycles. The number of hydrogen-bond acceptors (Lipinski definition) is 2. The van der Waals surface area contributed by atoms with Gasteiger partial charge in [0.1, 0.15) is 0 Å². The maximum atomic E-state index is 12.8. The second-order valence-electron chi connectivity index (χ2n) is 5.16. The molecule has 0 saturated heterocycles. The van der Waals surface area contributed by atoms with Gasteiger partial charge in [0.05, 0.1) is 11.9 Å². The maximum Gasteiger partial charge on any atom is 0.307 e. The van der Waals surface area contributed by atoms with Gasteiger partial charge < -0.3 is 5.11 Å². The van der Waals surface area contributed by atoms with Crippen LogP contribution in [0.15, 0.2) is 54.6 Å². The van der Waals surface area contributed by atoms with E-state index in [-0.39, 0.29) is 12.3 Å². The van der Waals surface area contributed by atoms with Crippen LogP contribution >= 0.6 is 0 Å². The summed E-state index contributed by atoms with van der Waals surface area (Å²) >= 11 is 0. The molecule has 1 heterocycles. The standard InChI is InChI=1S/C18H15NO3/c1-12-15(11-17(20)21)14-9-5-6-10-16(14)19(12)18(22)13-7-3-2-4-8-13/h2-10H,11H2,1H3,(H,20,21). The summed E-state index contributed by atoms with van der Waals surface area (Å²) in [5.74, 6) is -1.05. The van der Waals surface area contributed by atoms with Gasteiger partial charge in [0.15, 0.2) is 0 Å². The topological polar surface area (TPSA) is 59.3 Å². The minimum atomic E-state index is -0.904. The zero-order valence-corrected chi connectivity index (χ0v) is 12.1. The van der Waals surface area contributed by atoms with E-state index in [1.165, 1.54) is 0 Å². The maximum absolute atomic E-state index is 12.8. The van der Waals surface area contributed by atoms with Crippen molar-refractivity contribution in [2.24, 2.45) is 0 Å². The van der Waals surface area contributed by atoms with Crippen molar-refractivity contribution in [2.75, 3.05) is 0 Å². The van der Waals surface area contributed by atoms with E-state index in [0.29, 0.717) is 16.8 Å². The zero-order valence-electron chi connectivity index (χ0n) is 12.1. The normalized spacial score (nSPS) is 10.8. The first-order chi connectivity index (χ1) is 10.6. The van der Waals surface area contributed by atoms with Crippen LogP contribution in [0.2, 0.25) is 0 Å². The van der Waals surface area contributed by atoms with E-state index < -0.39 is 5.97 Å². The molecule has 0 radical (unpaired) electrons. The van der Waals surface area contributed by atoms with Crippen LogP contribution in [0.3, 0.4) is 0 Å². The molecule has 0 saturated carbocycles. The lowest BCUT2D eigenvalue weighted by Crippen LogP contribution is -2.14. The third-order valence-electron chi connectivity index (χ3n) is 3.79. The van der Waals surface area contributed by atoms with Crippen molar-refractivity contribution in [3.8, 4) is 0 Å². The smallest absolute Gasteiger partial charge is 0.307 e. The summed E-state index contributed by atoms with van der Waals surface area (Å²) in [5.41, 5.74) is 2.68. The van der Waals surface area contributed by atoms with Crippen molar-refractivity contribution in [1.29, 1.82) is 0 Å². The number of carbonyl (C=O) groups excluding carboxylic acids is 1. The lowest BCUT2D eigenvalue weighted by Gasteiger charge is -2.07. The fraction of sp³-hybridized carbons (Fsp3) is 0.111. The predicted octanol–water partition coefficient (Wildman–Crippen LogP) is 3.27. The van der Waals surface area contributed by atoms with Crippen LogP contribution in [0.1, 0.15) is 21.6 Å². The van der Waals surface area contributed by atoms with Crippen molar-refractivity contribution in [3.63, 3.8) is 0 Å². The fourth-order valence-corrected chi connectivity index (χ4v) is 2.78. The number of carboxylic acid groups (broad SMARTS) is 1. The highest BCUT2D eigenvalue weighted by Crippen LogP contribution is 2.27. The number of carboxylic acids is 1. The van der Waals surface area contributed by atoms with E-state index in [9.17, 15) is 9.59 Å². The highest BCUT2D eigenvalue weighted by molar-refractivity contribution is 6.04. The molecule has 0 amide bonds. The summed E-state index contributed by atoms with van der Waals surface area (Å²) in [6.07, 6.45) is -0.0958. The SMILES string of the molecule is Cc1c(CC(=O)O)c2ccccc2n1C(=O)c1ccccc1. The van der Waals surface area contributed by atoms with Crippen molar-refractivity contribution in [1.82, 2.24) is 4.57 Å². The van der Waals surface area contributed by atoms with Crippen LogP contribution in [0.25, 0.3) is 10.9 Å². The first kappa shape index (κ1) is 14.1. The third-order valence-corrected chi connectivity index (χ3v) is 3.79. The minimum Gasteiger partial charge on any atom is -0.481 e. The molecule has 0 fully saturated rings. The molecule has 0 unspecified atom stereocenters. The first-order valence-corrected chi connectivity index (χ1v) is 7.00. The Morgan fingerprint density at radius 1 is 1.00 bits per heavy atom. The second-order valence-corrected chi connectivity index (χ2v) is 5.16. The molecule has 1 N–H and O–H groups in total. The predicted molar refractivity (Wildman–Crippen MR) is 84.2 cm³/mol.